The van der Waals surface area contributed by atoms with Gasteiger partial charge < -0.3 is 15.5 Å². The van der Waals surface area contributed by atoms with Crippen LogP contribution in [-0.4, -0.2) is 55.0 Å². The maximum Gasteiger partial charge on any atom is 0.243 e. The molecule has 1 saturated carbocycles. The molecule has 0 spiro atoms. The first-order valence-electron chi connectivity index (χ1n) is 8.63. The van der Waals surface area contributed by atoms with E-state index in [0.29, 0.717) is 12.0 Å². The van der Waals surface area contributed by atoms with Gasteiger partial charge in [-0.3, -0.25) is 4.79 Å². The molecule has 25 heavy (non-hydrogen) atoms. The van der Waals surface area contributed by atoms with Gasteiger partial charge in [-0.15, -0.1) is 35.3 Å². The van der Waals surface area contributed by atoms with Crippen molar-refractivity contribution >= 4 is 47.2 Å². The molecule has 0 radical (unpaired) electrons. The first-order chi connectivity index (χ1) is 11.5. The Kier molecular flexibility index (Phi) is 9.70. The Morgan fingerprint density at radius 2 is 2.12 bits per heavy atom. The Labute approximate surface area is 171 Å². The number of likely N-dealkylation sites (N-methyl/N-ethyl adjacent to an activating group) is 1. The molecule has 1 fully saturated rings. The standard InChI is InChI=1S/C17H29N5OS.HI/c1-12(16-18-10-13(2)24-16)9-19-17(20-11-15(23)22(3)4)21-14-7-5-6-8-14;/h10,12,14H,5-9,11H2,1-4H3,(H2,19,20,21);1H. The van der Waals surface area contributed by atoms with Gasteiger partial charge in [-0.25, -0.2) is 9.98 Å². The fraction of sp³-hybridized carbons (Fsp3) is 0.706. The number of thiazole rings is 1. The predicted octanol–water partition coefficient (Wildman–Crippen LogP) is 2.74. The van der Waals surface area contributed by atoms with Gasteiger partial charge in [0.05, 0.1) is 5.01 Å². The maximum absolute atomic E-state index is 11.8. The van der Waals surface area contributed by atoms with Crippen LogP contribution in [0.5, 0.6) is 0 Å². The van der Waals surface area contributed by atoms with Crippen molar-refractivity contribution in [2.45, 2.75) is 51.5 Å². The average molecular weight is 479 g/mol. The van der Waals surface area contributed by atoms with Crippen LogP contribution in [0.3, 0.4) is 0 Å². The van der Waals surface area contributed by atoms with Gasteiger partial charge in [0.1, 0.15) is 6.54 Å². The Hall–Kier alpha value is -0.900. The van der Waals surface area contributed by atoms with E-state index in [0.717, 1.165) is 17.5 Å². The number of aromatic nitrogens is 1. The van der Waals surface area contributed by atoms with Crippen molar-refractivity contribution in [3.63, 3.8) is 0 Å². The van der Waals surface area contributed by atoms with Crippen LogP contribution in [0.1, 0.15) is 48.4 Å². The maximum atomic E-state index is 11.8. The highest BCUT2D eigenvalue weighted by Crippen LogP contribution is 2.20. The molecule has 1 unspecified atom stereocenters. The monoisotopic (exact) mass is 479 g/mol. The van der Waals surface area contributed by atoms with Crippen molar-refractivity contribution in [2.24, 2.45) is 4.99 Å². The zero-order valence-corrected chi connectivity index (χ0v) is 18.7. The molecule has 6 nitrogen and oxygen atoms in total. The van der Waals surface area contributed by atoms with E-state index in [-0.39, 0.29) is 36.4 Å². The summed E-state index contributed by atoms with van der Waals surface area (Å²) >= 11 is 1.73. The van der Waals surface area contributed by atoms with Crippen LogP contribution in [0, 0.1) is 6.92 Å². The third-order valence-corrected chi connectivity index (χ3v) is 5.35. The number of nitrogens with one attached hydrogen (secondary N) is 2. The van der Waals surface area contributed by atoms with Crippen molar-refractivity contribution in [3.05, 3.63) is 16.1 Å². The molecule has 1 aromatic heterocycles. The lowest BCUT2D eigenvalue weighted by molar-refractivity contribution is -0.127. The molecule has 142 valence electrons. The Balaban J connectivity index is 0.00000312. The molecule has 1 atom stereocenters. The van der Waals surface area contributed by atoms with E-state index >= 15 is 0 Å². The second-order valence-corrected chi connectivity index (χ2v) is 7.94. The molecule has 2 rings (SSSR count). The fourth-order valence-electron chi connectivity index (χ4n) is 2.64. The summed E-state index contributed by atoms with van der Waals surface area (Å²) in [6.07, 6.45) is 6.78. The molecule has 0 bridgehead atoms. The number of amides is 1. The number of rotatable bonds is 6. The Morgan fingerprint density at radius 1 is 1.44 bits per heavy atom. The lowest BCUT2D eigenvalue weighted by atomic mass is 10.2. The number of halogens is 1. The first-order valence-corrected chi connectivity index (χ1v) is 9.44. The molecule has 1 aliphatic carbocycles. The molecule has 0 saturated heterocycles. The van der Waals surface area contributed by atoms with Crippen LogP contribution in [0.4, 0.5) is 0 Å². The number of nitrogens with zero attached hydrogens (tertiary/aromatic N) is 3. The number of hydrogen-bond donors (Lipinski definition) is 2. The average Bonchev–Trinajstić information content (AvgIpc) is 3.20. The lowest BCUT2D eigenvalue weighted by Gasteiger charge is -2.19. The summed E-state index contributed by atoms with van der Waals surface area (Å²) in [6, 6.07) is 0.461. The minimum Gasteiger partial charge on any atom is -0.356 e. The van der Waals surface area contributed by atoms with Crippen LogP contribution in [0.25, 0.3) is 0 Å². The summed E-state index contributed by atoms with van der Waals surface area (Å²) in [7, 11) is 3.50. The van der Waals surface area contributed by atoms with Gasteiger partial charge in [-0.1, -0.05) is 19.8 Å². The van der Waals surface area contributed by atoms with Crippen molar-refractivity contribution in [1.29, 1.82) is 0 Å². The number of hydrogen-bond acceptors (Lipinski definition) is 4. The van der Waals surface area contributed by atoms with Gasteiger partial charge in [0, 0.05) is 43.7 Å². The van der Waals surface area contributed by atoms with Gasteiger partial charge in [-0.05, 0) is 19.8 Å². The van der Waals surface area contributed by atoms with E-state index in [9.17, 15) is 4.79 Å². The van der Waals surface area contributed by atoms with Gasteiger partial charge in [0.2, 0.25) is 5.91 Å². The highest BCUT2D eigenvalue weighted by atomic mass is 127. The Morgan fingerprint density at radius 3 is 2.68 bits per heavy atom. The molecule has 2 N–H and O–H groups in total. The predicted molar refractivity (Wildman–Crippen MR) is 115 cm³/mol. The molecule has 1 aliphatic rings. The van der Waals surface area contributed by atoms with Crippen molar-refractivity contribution in [1.82, 2.24) is 20.5 Å². The summed E-state index contributed by atoms with van der Waals surface area (Å²) in [6.45, 7) is 5.15. The van der Waals surface area contributed by atoms with Crippen LogP contribution < -0.4 is 10.6 Å². The van der Waals surface area contributed by atoms with Crippen LogP contribution >= 0.6 is 35.3 Å². The Bertz CT molecular complexity index is 569. The summed E-state index contributed by atoms with van der Waals surface area (Å²) in [5, 5.41) is 7.99. The third-order valence-electron chi connectivity index (χ3n) is 4.20. The largest absolute Gasteiger partial charge is 0.356 e. The number of guanidine groups is 1. The number of aryl methyl sites for hydroxylation is 1. The minimum absolute atomic E-state index is 0. The van der Waals surface area contributed by atoms with E-state index in [4.69, 9.17) is 0 Å². The van der Waals surface area contributed by atoms with E-state index in [1.807, 2.05) is 6.20 Å². The molecule has 1 aromatic rings. The quantitative estimate of drug-likeness (QED) is 0.374. The third kappa shape index (κ3) is 7.47. The summed E-state index contributed by atoms with van der Waals surface area (Å²) in [4.78, 5) is 23.5. The number of carbonyl (C=O) groups excluding carboxylic acids is 1. The van der Waals surface area contributed by atoms with Crippen LogP contribution in [0.2, 0.25) is 0 Å². The van der Waals surface area contributed by atoms with Gasteiger partial charge in [-0.2, -0.15) is 0 Å². The molecule has 8 heteroatoms. The normalized spacial score (nSPS) is 16.2. The highest BCUT2D eigenvalue weighted by Gasteiger charge is 2.17. The summed E-state index contributed by atoms with van der Waals surface area (Å²) < 4.78 is 0. The number of aliphatic imine (C=N–C) groups is 1. The minimum atomic E-state index is 0. The van der Waals surface area contributed by atoms with Crippen molar-refractivity contribution in [2.75, 3.05) is 27.2 Å². The smallest absolute Gasteiger partial charge is 0.243 e. The number of carbonyl (C=O) groups is 1. The molecule has 1 amide bonds. The summed E-state index contributed by atoms with van der Waals surface area (Å²) in [5.74, 6) is 1.05. The fourth-order valence-corrected chi connectivity index (χ4v) is 3.47. The van der Waals surface area contributed by atoms with Crippen molar-refractivity contribution in [3.8, 4) is 0 Å². The lowest BCUT2D eigenvalue weighted by Crippen LogP contribution is -2.44. The van der Waals surface area contributed by atoms with Gasteiger partial charge in [0.25, 0.3) is 0 Å². The topological polar surface area (TPSA) is 69.6 Å². The van der Waals surface area contributed by atoms with E-state index in [1.54, 1.807) is 30.3 Å². The highest BCUT2D eigenvalue weighted by molar-refractivity contribution is 14.0. The van der Waals surface area contributed by atoms with Crippen LogP contribution in [0.15, 0.2) is 11.2 Å². The zero-order valence-electron chi connectivity index (χ0n) is 15.5. The van der Waals surface area contributed by atoms with E-state index in [1.165, 1.54) is 30.6 Å². The van der Waals surface area contributed by atoms with E-state index < -0.39 is 0 Å². The molecular weight excluding hydrogens is 449 g/mol. The molecule has 1 heterocycles. The SMILES string of the molecule is Cc1cnc(C(C)CNC(=NCC(=O)N(C)C)NC2CCCC2)s1.I. The van der Waals surface area contributed by atoms with Crippen molar-refractivity contribution < 1.29 is 4.79 Å². The summed E-state index contributed by atoms with van der Waals surface area (Å²) in [5.41, 5.74) is 0. The van der Waals surface area contributed by atoms with Gasteiger partial charge in [0.15, 0.2) is 5.96 Å². The second kappa shape index (κ2) is 10.9. The molecular formula is C17H30IN5OS. The van der Waals surface area contributed by atoms with Crippen LogP contribution in [-0.2, 0) is 4.79 Å². The first kappa shape index (κ1) is 22.1. The zero-order chi connectivity index (χ0) is 17.5. The molecule has 0 aliphatic heterocycles. The van der Waals surface area contributed by atoms with Gasteiger partial charge >= 0.3 is 0 Å². The molecule has 0 aromatic carbocycles. The van der Waals surface area contributed by atoms with E-state index in [2.05, 4.69) is 34.5 Å². The second-order valence-electron chi connectivity index (χ2n) is 6.67.